The maximum absolute atomic E-state index is 11.4. The van der Waals surface area contributed by atoms with E-state index in [9.17, 15) is 9.90 Å². The second kappa shape index (κ2) is 11.7. The summed E-state index contributed by atoms with van der Waals surface area (Å²) in [6.45, 7) is 8.99. The number of hydrogen-bond donors (Lipinski definition) is 2. The lowest BCUT2D eigenvalue weighted by Crippen LogP contribution is -2.39. The zero-order chi connectivity index (χ0) is 22.9. The molecule has 0 radical (unpaired) electrons. The van der Waals surface area contributed by atoms with Crippen molar-refractivity contribution in [2.75, 3.05) is 36.6 Å². The number of carbonyl (C=O) groups is 1. The Balaban J connectivity index is 1.96. The predicted molar refractivity (Wildman–Crippen MR) is 125 cm³/mol. The number of aromatic nitrogens is 2. The van der Waals surface area contributed by atoms with E-state index >= 15 is 0 Å². The van der Waals surface area contributed by atoms with Crippen molar-refractivity contribution in [2.24, 2.45) is 0 Å². The van der Waals surface area contributed by atoms with Crippen molar-refractivity contribution < 1.29 is 19.4 Å². The summed E-state index contributed by atoms with van der Waals surface area (Å²) in [5.41, 5.74) is 3.77. The minimum atomic E-state index is -0.785. The molecular weight excluding hydrogens is 408 g/mol. The van der Waals surface area contributed by atoms with Gasteiger partial charge in [-0.1, -0.05) is 13.0 Å². The van der Waals surface area contributed by atoms with Crippen molar-refractivity contribution in [2.45, 2.75) is 58.4 Å². The molecule has 1 atom stereocenters. The quantitative estimate of drug-likeness (QED) is 0.521. The molecule has 1 aliphatic rings. The number of ether oxygens (including phenoxy) is 2. The number of carboxylic acids is 1. The van der Waals surface area contributed by atoms with Gasteiger partial charge in [0.25, 0.3) is 0 Å². The van der Waals surface area contributed by atoms with Gasteiger partial charge in [0, 0.05) is 25.8 Å². The van der Waals surface area contributed by atoms with Crippen LogP contribution in [0.15, 0.2) is 30.6 Å². The molecule has 2 heterocycles. The summed E-state index contributed by atoms with van der Waals surface area (Å²) in [5, 5.41) is 12.8. The Morgan fingerprint density at radius 1 is 1.25 bits per heavy atom. The number of anilines is 3. The third kappa shape index (κ3) is 6.09. The molecule has 8 nitrogen and oxygen atoms in total. The lowest BCUT2D eigenvalue weighted by molar-refractivity contribution is -0.137. The highest BCUT2D eigenvalue weighted by atomic mass is 16.5. The molecule has 1 aromatic heterocycles. The van der Waals surface area contributed by atoms with Crippen LogP contribution in [0.25, 0.3) is 0 Å². The number of carboxylic acid groups (broad SMARTS) is 1. The minimum absolute atomic E-state index is 0.0446. The third-order valence-corrected chi connectivity index (χ3v) is 5.87. The van der Waals surface area contributed by atoms with E-state index in [1.54, 1.807) is 12.4 Å². The Bertz CT molecular complexity index is 869. The molecule has 1 aromatic carbocycles. The minimum Gasteiger partial charge on any atom is -0.481 e. The maximum Gasteiger partial charge on any atom is 0.316 e. The van der Waals surface area contributed by atoms with Crippen LogP contribution >= 0.6 is 0 Å². The molecule has 1 fully saturated rings. The average molecular weight is 443 g/mol. The average Bonchev–Trinajstić information content (AvgIpc) is 2.81. The van der Waals surface area contributed by atoms with Crippen molar-refractivity contribution in [1.82, 2.24) is 9.97 Å². The van der Waals surface area contributed by atoms with Gasteiger partial charge >= 0.3 is 12.0 Å². The zero-order valence-corrected chi connectivity index (χ0v) is 19.2. The van der Waals surface area contributed by atoms with E-state index in [1.807, 2.05) is 13.8 Å². The summed E-state index contributed by atoms with van der Waals surface area (Å²) in [7, 11) is 0. The molecule has 0 amide bonds. The first kappa shape index (κ1) is 23.8. The second-order valence-corrected chi connectivity index (χ2v) is 7.92. The number of nitrogens with zero attached hydrogens (tertiary/aromatic N) is 3. The van der Waals surface area contributed by atoms with Crippen molar-refractivity contribution in [3.05, 3.63) is 36.2 Å². The van der Waals surface area contributed by atoms with Gasteiger partial charge in [-0.2, -0.15) is 0 Å². The molecule has 0 unspecified atom stereocenters. The summed E-state index contributed by atoms with van der Waals surface area (Å²) in [5.74, 6) is -0.829. The smallest absolute Gasteiger partial charge is 0.316 e. The van der Waals surface area contributed by atoms with Crippen LogP contribution in [0, 0.1) is 0 Å². The molecule has 2 aromatic rings. The van der Waals surface area contributed by atoms with Crippen LogP contribution in [-0.2, 0) is 9.53 Å². The highest BCUT2D eigenvalue weighted by molar-refractivity contribution is 5.77. The Kier molecular flexibility index (Phi) is 8.67. The topological polar surface area (TPSA) is 96.8 Å². The largest absolute Gasteiger partial charge is 0.481 e. The summed E-state index contributed by atoms with van der Waals surface area (Å²) in [6.07, 6.45) is 6.24. The first-order valence-corrected chi connectivity index (χ1v) is 11.5. The summed E-state index contributed by atoms with van der Waals surface area (Å²) < 4.78 is 10.9. The number of nitrogens with one attached hydrogen (secondary N) is 1. The lowest BCUT2D eigenvalue weighted by Gasteiger charge is -2.36. The molecule has 8 heteroatoms. The normalized spacial score (nSPS) is 15.2. The van der Waals surface area contributed by atoms with E-state index in [2.05, 4.69) is 45.3 Å². The van der Waals surface area contributed by atoms with E-state index in [0.29, 0.717) is 18.7 Å². The van der Waals surface area contributed by atoms with Crippen molar-refractivity contribution in [3.8, 4) is 6.01 Å². The fourth-order valence-corrected chi connectivity index (χ4v) is 4.23. The van der Waals surface area contributed by atoms with Crippen molar-refractivity contribution in [3.63, 3.8) is 0 Å². The van der Waals surface area contributed by atoms with Gasteiger partial charge in [0.15, 0.2) is 0 Å². The van der Waals surface area contributed by atoms with E-state index in [-0.39, 0.29) is 12.3 Å². The van der Waals surface area contributed by atoms with Crippen LogP contribution in [0.3, 0.4) is 0 Å². The summed E-state index contributed by atoms with van der Waals surface area (Å²) in [4.78, 5) is 22.3. The Morgan fingerprint density at radius 3 is 2.56 bits per heavy atom. The van der Waals surface area contributed by atoms with Crippen LogP contribution in [0.5, 0.6) is 6.01 Å². The fourth-order valence-electron chi connectivity index (χ4n) is 4.23. The Labute approximate surface area is 190 Å². The molecule has 0 spiro atoms. The van der Waals surface area contributed by atoms with Gasteiger partial charge in [0.05, 0.1) is 42.5 Å². The number of hydrogen-bond acceptors (Lipinski definition) is 7. The molecule has 0 bridgehead atoms. The molecular formula is C24H34N4O4. The SMILES string of the molecule is CCOc1ncc(Nc2cc([C@H](CC)CC(=O)O)ccc2N(CC)C2CCOCC2)cn1. The molecule has 0 aliphatic carbocycles. The van der Waals surface area contributed by atoms with Gasteiger partial charge in [-0.05, 0) is 56.7 Å². The van der Waals surface area contributed by atoms with Gasteiger partial charge < -0.3 is 24.8 Å². The molecule has 2 N–H and O–H groups in total. The van der Waals surface area contributed by atoms with Gasteiger partial charge in [-0.15, -0.1) is 0 Å². The van der Waals surface area contributed by atoms with E-state index in [0.717, 1.165) is 61.6 Å². The Morgan fingerprint density at radius 2 is 1.97 bits per heavy atom. The highest BCUT2D eigenvalue weighted by Crippen LogP contribution is 2.36. The van der Waals surface area contributed by atoms with Crippen LogP contribution in [0.2, 0.25) is 0 Å². The van der Waals surface area contributed by atoms with Crippen LogP contribution in [0.1, 0.15) is 57.9 Å². The molecule has 32 heavy (non-hydrogen) atoms. The van der Waals surface area contributed by atoms with Gasteiger partial charge in [0.1, 0.15) is 0 Å². The van der Waals surface area contributed by atoms with Gasteiger partial charge in [-0.25, -0.2) is 9.97 Å². The highest BCUT2D eigenvalue weighted by Gasteiger charge is 2.24. The Hall–Kier alpha value is -2.87. The van der Waals surface area contributed by atoms with E-state index in [1.165, 1.54) is 0 Å². The summed E-state index contributed by atoms with van der Waals surface area (Å²) >= 11 is 0. The second-order valence-electron chi connectivity index (χ2n) is 7.92. The molecule has 1 aliphatic heterocycles. The number of benzene rings is 1. The fraction of sp³-hybridized carbons (Fsp3) is 0.542. The monoisotopic (exact) mass is 442 g/mol. The standard InChI is InChI=1S/C24H34N4O4/c1-4-17(14-23(29)30)18-7-8-22(28(5-2)20-9-11-31-12-10-20)21(13-18)27-19-15-25-24(26-16-19)32-6-3/h7-8,13,15-17,20,27H,4-6,9-12,14H2,1-3H3,(H,29,30)/t17-/m1/s1. The molecule has 3 rings (SSSR count). The predicted octanol–water partition coefficient (Wildman–Crippen LogP) is 4.59. The molecule has 174 valence electrons. The lowest BCUT2D eigenvalue weighted by atomic mass is 9.92. The zero-order valence-electron chi connectivity index (χ0n) is 19.2. The van der Waals surface area contributed by atoms with Crippen molar-refractivity contribution in [1.29, 1.82) is 0 Å². The van der Waals surface area contributed by atoms with Crippen LogP contribution < -0.4 is 15.0 Å². The van der Waals surface area contributed by atoms with E-state index in [4.69, 9.17) is 9.47 Å². The molecule has 1 saturated heterocycles. The first-order chi connectivity index (χ1) is 15.5. The van der Waals surface area contributed by atoms with Crippen molar-refractivity contribution >= 4 is 23.0 Å². The number of rotatable bonds is 11. The number of aliphatic carboxylic acids is 1. The first-order valence-electron chi connectivity index (χ1n) is 11.5. The molecule has 0 saturated carbocycles. The van der Waals surface area contributed by atoms with Crippen LogP contribution in [0.4, 0.5) is 17.1 Å². The summed E-state index contributed by atoms with van der Waals surface area (Å²) in [6, 6.07) is 6.99. The van der Waals surface area contributed by atoms with E-state index < -0.39 is 5.97 Å². The maximum atomic E-state index is 11.4. The van der Waals surface area contributed by atoms with Gasteiger partial charge in [-0.3, -0.25) is 4.79 Å². The third-order valence-electron chi connectivity index (χ3n) is 5.87. The van der Waals surface area contributed by atoms with Gasteiger partial charge in [0.2, 0.25) is 0 Å². The van der Waals surface area contributed by atoms with Crippen LogP contribution in [-0.4, -0.2) is 53.5 Å².